The summed E-state index contributed by atoms with van der Waals surface area (Å²) in [5.74, 6) is 0. The van der Waals surface area contributed by atoms with Crippen LogP contribution in [-0.2, 0) is 4.74 Å². The third kappa shape index (κ3) is 2.16. The second kappa shape index (κ2) is 4.86. The van der Waals surface area contributed by atoms with Crippen LogP contribution in [0.3, 0.4) is 0 Å². The van der Waals surface area contributed by atoms with E-state index in [1.807, 2.05) is 6.08 Å². The average Bonchev–Trinajstić information content (AvgIpc) is 2.88. The van der Waals surface area contributed by atoms with Crippen molar-refractivity contribution in [1.29, 1.82) is 0 Å². The first-order valence-electron chi connectivity index (χ1n) is 6.81. The molecule has 0 saturated carbocycles. The fraction of sp³-hybridized carbons (Fsp3) is 0.500. The van der Waals surface area contributed by atoms with Crippen LogP contribution in [0.4, 0.5) is 5.69 Å². The summed E-state index contributed by atoms with van der Waals surface area (Å²) in [5, 5.41) is 10.8. The minimum Gasteiger partial charge on any atom is -0.375 e. The Bertz CT molecular complexity index is 626. The Labute approximate surface area is 115 Å². The van der Waals surface area contributed by atoms with Gasteiger partial charge in [0.1, 0.15) is 0 Å². The van der Waals surface area contributed by atoms with Gasteiger partial charge in [0, 0.05) is 24.6 Å². The highest BCUT2D eigenvalue weighted by Crippen LogP contribution is 2.39. The fourth-order valence-corrected chi connectivity index (χ4v) is 3.04. The molecule has 1 spiro atoms. The maximum atomic E-state index is 12.1. The number of hydrogen-bond acceptors (Lipinski definition) is 4. The molecule has 6 nitrogen and oxygen atoms in total. The Morgan fingerprint density at radius 3 is 2.85 bits per heavy atom. The summed E-state index contributed by atoms with van der Waals surface area (Å²) in [4.78, 5) is 22.3. The van der Waals surface area contributed by atoms with Gasteiger partial charge < -0.3 is 4.74 Å². The third-order valence-electron chi connectivity index (χ3n) is 4.16. The van der Waals surface area contributed by atoms with Crippen molar-refractivity contribution < 1.29 is 9.66 Å². The van der Waals surface area contributed by atoms with Crippen LogP contribution in [0.25, 0.3) is 5.70 Å². The summed E-state index contributed by atoms with van der Waals surface area (Å²) >= 11 is 0. The highest BCUT2D eigenvalue weighted by Gasteiger charge is 2.36. The number of aromatic nitrogens is 1. The number of ether oxygens (including phenoxy) is 1. The largest absolute Gasteiger partial charge is 0.375 e. The molecule has 0 bridgehead atoms. The van der Waals surface area contributed by atoms with Crippen LogP contribution in [0, 0.1) is 10.1 Å². The highest BCUT2D eigenvalue weighted by atomic mass is 16.6. The van der Waals surface area contributed by atoms with E-state index in [4.69, 9.17) is 4.74 Å². The zero-order valence-corrected chi connectivity index (χ0v) is 11.1. The second-order valence-corrected chi connectivity index (χ2v) is 5.36. The molecule has 6 heteroatoms. The molecule has 1 aliphatic heterocycles. The number of rotatable bonds is 2. The summed E-state index contributed by atoms with van der Waals surface area (Å²) in [5.41, 5.74) is -0.175. The first-order chi connectivity index (χ1) is 9.61. The third-order valence-corrected chi connectivity index (χ3v) is 4.16. The fourth-order valence-electron chi connectivity index (χ4n) is 3.04. The van der Waals surface area contributed by atoms with E-state index in [-0.39, 0.29) is 11.3 Å². The van der Waals surface area contributed by atoms with Crippen molar-refractivity contribution in [1.82, 2.24) is 4.57 Å². The first kappa shape index (κ1) is 13.1. The minimum atomic E-state index is -0.635. The van der Waals surface area contributed by atoms with Crippen molar-refractivity contribution in [2.24, 2.45) is 0 Å². The standard InChI is InChI=1S/C14H16N2O4/c17-13-12(16(18)19)3-1-9-15(13)11-4-7-14(8-5-11)6-2-10-20-14/h1,3-4,9H,2,5-8,10H2. The molecule has 1 aromatic heterocycles. The molecule has 20 heavy (non-hydrogen) atoms. The molecule has 1 aromatic rings. The molecule has 0 aromatic carbocycles. The molecule has 3 rings (SSSR count). The van der Waals surface area contributed by atoms with Crippen LogP contribution in [0.5, 0.6) is 0 Å². The second-order valence-electron chi connectivity index (χ2n) is 5.36. The van der Waals surface area contributed by atoms with Gasteiger partial charge >= 0.3 is 11.2 Å². The molecule has 0 N–H and O–H groups in total. The molecule has 1 unspecified atom stereocenters. The molecule has 2 aliphatic rings. The predicted molar refractivity (Wildman–Crippen MR) is 73.4 cm³/mol. The Balaban J connectivity index is 1.91. The zero-order valence-electron chi connectivity index (χ0n) is 11.1. The van der Waals surface area contributed by atoms with Gasteiger partial charge in [0.15, 0.2) is 0 Å². The van der Waals surface area contributed by atoms with Crippen LogP contribution in [0.1, 0.15) is 32.1 Å². The summed E-state index contributed by atoms with van der Waals surface area (Å²) in [6.45, 7) is 0.805. The molecule has 1 saturated heterocycles. The van der Waals surface area contributed by atoms with Gasteiger partial charge in [-0.3, -0.25) is 19.5 Å². The van der Waals surface area contributed by atoms with Gasteiger partial charge in [-0.05, 0) is 38.2 Å². The van der Waals surface area contributed by atoms with E-state index in [9.17, 15) is 14.9 Å². The number of pyridine rings is 1. The molecule has 1 atom stereocenters. The van der Waals surface area contributed by atoms with Crippen LogP contribution in [0.15, 0.2) is 29.2 Å². The van der Waals surface area contributed by atoms with E-state index < -0.39 is 10.5 Å². The lowest BCUT2D eigenvalue weighted by Gasteiger charge is -2.31. The van der Waals surface area contributed by atoms with E-state index in [0.717, 1.165) is 38.0 Å². The van der Waals surface area contributed by atoms with Crippen LogP contribution >= 0.6 is 0 Å². The SMILES string of the molecule is O=c1c([N+](=O)[O-])cccn1C1=CCC2(CCCO2)CC1. The van der Waals surface area contributed by atoms with Gasteiger partial charge in [-0.15, -0.1) is 0 Å². The van der Waals surface area contributed by atoms with Gasteiger partial charge in [0.2, 0.25) is 0 Å². The number of allylic oxidation sites excluding steroid dienone is 1. The number of hydrogen-bond donors (Lipinski definition) is 0. The van der Waals surface area contributed by atoms with Gasteiger partial charge in [-0.2, -0.15) is 0 Å². The number of nitro groups is 1. The molecule has 1 fully saturated rings. The van der Waals surface area contributed by atoms with E-state index >= 15 is 0 Å². The Kier molecular flexibility index (Phi) is 3.17. The van der Waals surface area contributed by atoms with Crippen molar-refractivity contribution in [3.8, 4) is 0 Å². The Morgan fingerprint density at radius 2 is 2.25 bits per heavy atom. The van der Waals surface area contributed by atoms with Crippen molar-refractivity contribution in [3.63, 3.8) is 0 Å². The monoisotopic (exact) mass is 276 g/mol. The van der Waals surface area contributed by atoms with Crippen LogP contribution < -0.4 is 5.56 Å². The number of nitrogens with zero attached hydrogens (tertiary/aromatic N) is 2. The van der Waals surface area contributed by atoms with E-state index in [0.29, 0.717) is 6.42 Å². The summed E-state index contributed by atoms with van der Waals surface area (Å²) in [7, 11) is 0. The molecule has 0 radical (unpaired) electrons. The molecule has 106 valence electrons. The van der Waals surface area contributed by atoms with Gasteiger partial charge in [0.25, 0.3) is 0 Å². The first-order valence-corrected chi connectivity index (χ1v) is 6.81. The zero-order chi connectivity index (χ0) is 14.2. The van der Waals surface area contributed by atoms with Gasteiger partial charge in [0.05, 0.1) is 10.5 Å². The lowest BCUT2D eigenvalue weighted by atomic mass is 9.85. The van der Waals surface area contributed by atoms with Crippen molar-refractivity contribution in [2.75, 3.05) is 6.61 Å². The molecule has 1 aliphatic carbocycles. The van der Waals surface area contributed by atoms with E-state index in [1.54, 1.807) is 6.20 Å². The molecule has 2 heterocycles. The molecular weight excluding hydrogens is 260 g/mol. The maximum Gasteiger partial charge on any atom is 0.334 e. The molecule has 0 amide bonds. The topological polar surface area (TPSA) is 74.4 Å². The quantitative estimate of drug-likeness (QED) is 0.613. The summed E-state index contributed by atoms with van der Waals surface area (Å²) in [6, 6.07) is 2.78. The van der Waals surface area contributed by atoms with Crippen LogP contribution in [0.2, 0.25) is 0 Å². The lowest BCUT2D eigenvalue weighted by molar-refractivity contribution is -0.386. The molecular formula is C14H16N2O4. The predicted octanol–water partition coefficient (Wildman–Crippen LogP) is 2.33. The van der Waals surface area contributed by atoms with Crippen molar-refractivity contribution in [3.05, 3.63) is 44.9 Å². The Hall–Kier alpha value is -1.95. The maximum absolute atomic E-state index is 12.1. The lowest BCUT2D eigenvalue weighted by Crippen LogP contribution is -2.31. The normalized spacial score (nSPS) is 25.7. The summed E-state index contributed by atoms with van der Waals surface area (Å²) in [6.07, 6.45) is 8.07. The van der Waals surface area contributed by atoms with Crippen LogP contribution in [-0.4, -0.2) is 21.7 Å². The van der Waals surface area contributed by atoms with E-state index in [1.165, 1.54) is 16.7 Å². The van der Waals surface area contributed by atoms with E-state index in [2.05, 4.69) is 0 Å². The Morgan fingerprint density at radius 1 is 1.40 bits per heavy atom. The van der Waals surface area contributed by atoms with Crippen molar-refractivity contribution in [2.45, 2.75) is 37.7 Å². The minimum absolute atomic E-state index is 0.0617. The van der Waals surface area contributed by atoms with Gasteiger partial charge in [-0.25, -0.2) is 0 Å². The highest BCUT2D eigenvalue weighted by molar-refractivity contribution is 5.49. The van der Waals surface area contributed by atoms with Gasteiger partial charge in [-0.1, -0.05) is 6.08 Å². The smallest absolute Gasteiger partial charge is 0.334 e. The summed E-state index contributed by atoms with van der Waals surface area (Å²) < 4.78 is 7.21. The average molecular weight is 276 g/mol. The van der Waals surface area contributed by atoms with Crippen molar-refractivity contribution >= 4 is 11.4 Å².